The minimum absolute atomic E-state index is 0.0734. The predicted octanol–water partition coefficient (Wildman–Crippen LogP) is 4.98. The minimum Gasteiger partial charge on any atom is -0.489 e. The zero-order valence-electron chi connectivity index (χ0n) is 18.7. The Balaban J connectivity index is 1.33. The number of amidine groups is 1. The van der Waals surface area contributed by atoms with Gasteiger partial charge in [-0.1, -0.05) is 0 Å². The van der Waals surface area contributed by atoms with Crippen molar-refractivity contribution < 1.29 is 13.9 Å². The number of anilines is 3. The zero-order chi connectivity index (χ0) is 23.5. The number of aryl methyl sites for hydroxylation is 1. The molecule has 34 heavy (non-hydrogen) atoms. The van der Waals surface area contributed by atoms with Crippen molar-refractivity contribution in [2.24, 2.45) is 4.99 Å². The summed E-state index contributed by atoms with van der Waals surface area (Å²) in [7, 11) is 0. The third-order valence-corrected chi connectivity index (χ3v) is 5.28. The van der Waals surface area contributed by atoms with Crippen LogP contribution in [0.3, 0.4) is 0 Å². The van der Waals surface area contributed by atoms with Gasteiger partial charge in [-0.25, -0.2) is 19.4 Å². The van der Waals surface area contributed by atoms with E-state index in [0.29, 0.717) is 29.7 Å². The van der Waals surface area contributed by atoms with Gasteiger partial charge in [0, 0.05) is 28.5 Å². The first-order valence-electron chi connectivity index (χ1n) is 10.9. The third kappa shape index (κ3) is 4.88. The topological polar surface area (TPSA) is 93.6 Å². The number of aromatic nitrogens is 3. The van der Waals surface area contributed by atoms with Crippen molar-refractivity contribution in [3.63, 3.8) is 0 Å². The van der Waals surface area contributed by atoms with E-state index in [1.54, 1.807) is 6.20 Å². The Bertz CT molecular complexity index is 1380. The van der Waals surface area contributed by atoms with Gasteiger partial charge in [-0.3, -0.25) is 4.98 Å². The highest BCUT2D eigenvalue weighted by atomic mass is 19.1. The summed E-state index contributed by atoms with van der Waals surface area (Å²) in [6, 6.07) is 13.5. The third-order valence-electron chi connectivity index (χ3n) is 5.28. The molecule has 1 unspecified atom stereocenters. The number of nitrogens with zero attached hydrogens (tertiary/aromatic N) is 4. The Hall–Kier alpha value is -4.27. The van der Waals surface area contributed by atoms with Gasteiger partial charge in [-0.05, 0) is 61.9 Å². The molecule has 0 radical (unpaired) electrons. The molecule has 0 spiro atoms. The normalized spacial score (nSPS) is 15.0. The number of aliphatic imine (C=N–C) groups is 1. The molecule has 0 saturated carbocycles. The fourth-order valence-corrected chi connectivity index (χ4v) is 3.62. The van der Waals surface area contributed by atoms with Crippen molar-refractivity contribution in [3.8, 4) is 5.75 Å². The van der Waals surface area contributed by atoms with Crippen LogP contribution in [0.2, 0.25) is 0 Å². The van der Waals surface area contributed by atoms with Gasteiger partial charge in [-0.2, -0.15) is 0 Å². The Kier molecular flexibility index (Phi) is 5.90. The van der Waals surface area contributed by atoms with E-state index in [2.05, 4.69) is 30.6 Å². The van der Waals surface area contributed by atoms with Crippen molar-refractivity contribution in [1.29, 1.82) is 0 Å². The van der Waals surface area contributed by atoms with Crippen LogP contribution in [0.1, 0.15) is 18.1 Å². The monoisotopic (exact) mass is 458 g/mol. The number of ether oxygens (including phenoxy) is 2. The van der Waals surface area contributed by atoms with Crippen LogP contribution < -0.4 is 15.4 Å². The van der Waals surface area contributed by atoms with E-state index in [1.807, 2.05) is 50.2 Å². The molecule has 5 rings (SSSR count). The SMILES string of the molecule is Cc1cc(Nc2ncnc3ccc(NC4=NCC(C)O4)cc23)ccc1OCc1cncc(F)c1. The zero-order valence-corrected chi connectivity index (χ0v) is 18.7. The van der Waals surface area contributed by atoms with Gasteiger partial charge in [0.1, 0.15) is 36.4 Å². The molecule has 1 atom stereocenters. The van der Waals surface area contributed by atoms with E-state index in [0.717, 1.165) is 27.8 Å². The van der Waals surface area contributed by atoms with Crippen LogP contribution in [0, 0.1) is 12.7 Å². The quantitative estimate of drug-likeness (QED) is 0.421. The van der Waals surface area contributed by atoms with E-state index in [9.17, 15) is 4.39 Å². The molecular formula is C25H23FN6O2. The van der Waals surface area contributed by atoms with Crippen LogP contribution in [0.25, 0.3) is 10.9 Å². The standard InChI is InChI=1S/C25H23FN6O2/c1-15-7-19(4-6-23(15)33-13-17-8-18(26)12-27-11-17)31-24-21-9-20(3-5-22(21)29-14-30-24)32-25-28-10-16(2)34-25/h3-9,11-12,14,16H,10,13H2,1-2H3,(H,28,32)(H,29,30,31). The predicted molar refractivity (Wildman–Crippen MR) is 129 cm³/mol. The molecule has 0 aliphatic carbocycles. The molecule has 4 aromatic rings. The number of nitrogens with one attached hydrogen (secondary N) is 2. The molecule has 1 aliphatic rings. The number of rotatable bonds is 6. The number of hydrogen-bond donors (Lipinski definition) is 2. The molecule has 8 nitrogen and oxygen atoms in total. The average Bonchev–Trinajstić information content (AvgIpc) is 3.23. The van der Waals surface area contributed by atoms with Crippen LogP contribution in [-0.4, -0.2) is 33.6 Å². The van der Waals surface area contributed by atoms with Gasteiger partial charge in [0.15, 0.2) is 0 Å². The van der Waals surface area contributed by atoms with Gasteiger partial charge < -0.3 is 20.1 Å². The lowest BCUT2D eigenvalue weighted by Gasteiger charge is -2.13. The molecule has 0 fully saturated rings. The van der Waals surface area contributed by atoms with Gasteiger partial charge >= 0.3 is 0 Å². The van der Waals surface area contributed by atoms with Crippen molar-refractivity contribution in [2.45, 2.75) is 26.6 Å². The maximum absolute atomic E-state index is 13.3. The first kappa shape index (κ1) is 21.6. The molecule has 172 valence electrons. The van der Waals surface area contributed by atoms with Crippen LogP contribution in [0.15, 0.2) is 66.2 Å². The highest BCUT2D eigenvalue weighted by Crippen LogP contribution is 2.29. The highest BCUT2D eigenvalue weighted by molar-refractivity contribution is 5.97. The number of benzene rings is 2. The summed E-state index contributed by atoms with van der Waals surface area (Å²) in [6.45, 7) is 4.81. The molecule has 2 aromatic heterocycles. The molecule has 2 N–H and O–H groups in total. The molecule has 0 saturated heterocycles. The van der Waals surface area contributed by atoms with Gasteiger partial charge in [-0.15, -0.1) is 0 Å². The lowest BCUT2D eigenvalue weighted by atomic mass is 10.1. The molecule has 0 bridgehead atoms. The summed E-state index contributed by atoms with van der Waals surface area (Å²) >= 11 is 0. The van der Waals surface area contributed by atoms with Gasteiger partial charge in [0.25, 0.3) is 6.02 Å². The second kappa shape index (κ2) is 9.30. The van der Waals surface area contributed by atoms with E-state index < -0.39 is 0 Å². The fraction of sp³-hybridized carbons (Fsp3) is 0.200. The molecule has 9 heteroatoms. The van der Waals surface area contributed by atoms with Crippen LogP contribution in [0.5, 0.6) is 5.75 Å². The summed E-state index contributed by atoms with van der Waals surface area (Å²) < 4.78 is 24.8. The molecular weight excluding hydrogens is 435 g/mol. The van der Waals surface area contributed by atoms with Crippen LogP contribution in [0.4, 0.5) is 21.6 Å². The van der Waals surface area contributed by atoms with E-state index in [4.69, 9.17) is 9.47 Å². The maximum atomic E-state index is 13.3. The van der Waals surface area contributed by atoms with E-state index in [1.165, 1.54) is 18.6 Å². The largest absolute Gasteiger partial charge is 0.489 e. The molecule has 1 aliphatic heterocycles. The Morgan fingerprint density at radius 3 is 2.71 bits per heavy atom. The summed E-state index contributed by atoms with van der Waals surface area (Å²) in [6.07, 6.45) is 4.36. The van der Waals surface area contributed by atoms with Crippen LogP contribution in [-0.2, 0) is 11.3 Å². The Labute approximate surface area is 195 Å². The number of fused-ring (bicyclic) bond motifs is 1. The Morgan fingerprint density at radius 1 is 1.06 bits per heavy atom. The summed E-state index contributed by atoms with van der Waals surface area (Å²) in [5.74, 6) is 1.00. The number of halogens is 1. The second-order valence-corrected chi connectivity index (χ2v) is 8.06. The first-order valence-corrected chi connectivity index (χ1v) is 10.9. The maximum Gasteiger partial charge on any atom is 0.289 e. The minimum atomic E-state index is -0.383. The molecule has 0 amide bonds. The van der Waals surface area contributed by atoms with Crippen molar-refractivity contribution in [3.05, 3.63) is 78.1 Å². The summed E-state index contributed by atoms with van der Waals surface area (Å²) in [5.41, 5.74) is 4.10. The van der Waals surface area contributed by atoms with E-state index >= 15 is 0 Å². The lowest BCUT2D eigenvalue weighted by Crippen LogP contribution is -2.15. The molecule has 2 aromatic carbocycles. The second-order valence-electron chi connectivity index (χ2n) is 8.06. The number of pyridine rings is 1. The summed E-state index contributed by atoms with van der Waals surface area (Å²) in [5, 5.41) is 7.43. The Morgan fingerprint density at radius 2 is 1.91 bits per heavy atom. The average molecular weight is 458 g/mol. The van der Waals surface area contributed by atoms with Gasteiger partial charge in [0.05, 0.1) is 18.3 Å². The number of hydrogen-bond acceptors (Lipinski definition) is 8. The molecule has 3 heterocycles. The van der Waals surface area contributed by atoms with Crippen molar-refractivity contribution in [2.75, 3.05) is 17.2 Å². The lowest BCUT2D eigenvalue weighted by molar-refractivity contribution is 0.245. The summed E-state index contributed by atoms with van der Waals surface area (Å²) in [4.78, 5) is 17.0. The van der Waals surface area contributed by atoms with Gasteiger partial charge in [0.2, 0.25) is 0 Å². The smallest absolute Gasteiger partial charge is 0.289 e. The van der Waals surface area contributed by atoms with Crippen molar-refractivity contribution in [1.82, 2.24) is 15.0 Å². The van der Waals surface area contributed by atoms with Crippen LogP contribution >= 0.6 is 0 Å². The van der Waals surface area contributed by atoms with Crippen molar-refractivity contribution >= 4 is 34.1 Å². The first-order chi connectivity index (χ1) is 16.5. The highest BCUT2D eigenvalue weighted by Gasteiger charge is 2.15. The fourth-order valence-electron chi connectivity index (χ4n) is 3.62. The van der Waals surface area contributed by atoms with E-state index in [-0.39, 0.29) is 18.5 Å².